The minimum absolute atomic E-state index is 0.400. The molecule has 0 spiro atoms. The van der Waals surface area contributed by atoms with Crippen LogP contribution in [0.1, 0.15) is 38.3 Å². The summed E-state index contributed by atoms with van der Waals surface area (Å²) in [7, 11) is 2.05. The molecule has 3 atom stereocenters. The van der Waals surface area contributed by atoms with Crippen LogP contribution in [0, 0.1) is 17.8 Å². The molecule has 3 unspecified atom stereocenters. The molecule has 1 aliphatic heterocycles. The van der Waals surface area contributed by atoms with Crippen molar-refractivity contribution in [3.8, 4) is 11.5 Å². The van der Waals surface area contributed by atoms with Crippen molar-refractivity contribution >= 4 is 0 Å². The Hall–Kier alpha value is -1.22. The summed E-state index contributed by atoms with van der Waals surface area (Å²) in [5.41, 5.74) is 1.31. The molecule has 0 saturated heterocycles. The van der Waals surface area contributed by atoms with Gasteiger partial charge in [-0.1, -0.05) is 19.9 Å². The monoisotopic (exact) mass is 275 g/mol. The maximum atomic E-state index is 5.90. The van der Waals surface area contributed by atoms with Crippen molar-refractivity contribution in [1.82, 2.24) is 5.32 Å². The fraction of sp³-hybridized carbons (Fsp3) is 0.647. The molecule has 1 fully saturated rings. The quantitative estimate of drug-likeness (QED) is 0.913. The summed E-state index contributed by atoms with van der Waals surface area (Å²) < 4.78 is 11.7. The van der Waals surface area contributed by atoms with Crippen LogP contribution in [0.25, 0.3) is 0 Å². The predicted octanol–water partition coefficient (Wildman–Crippen LogP) is 3.40. The molecule has 1 heterocycles. The van der Waals surface area contributed by atoms with E-state index in [4.69, 9.17) is 9.47 Å². The molecule has 0 amide bonds. The zero-order valence-corrected chi connectivity index (χ0v) is 12.7. The molecule has 110 valence electrons. The fourth-order valence-corrected chi connectivity index (χ4v) is 3.09. The number of hydrogen-bond acceptors (Lipinski definition) is 3. The molecule has 1 aromatic carbocycles. The van der Waals surface area contributed by atoms with Crippen LogP contribution in [0.5, 0.6) is 11.5 Å². The Balaban J connectivity index is 1.83. The third-order valence-corrected chi connectivity index (χ3v) is 4.58. The maximum absolute atomic E-state index is 5.90. The minimum Gasteiger partial charge on any atom is -0.489 e. The summed E-state index contributed by atoms with van der Waals surface area (Å²) >= 11 is 0. The maximum Gasteiger partial charge on any atom is 0.161 e. The van der Waals surface area contributed by atoms with Crippen molar-refractivity contribution in [3.05, 3.63) is 23.8 Å². The molecule has 3 heteroatoms. The second kappa shape index (κ2) is 5.65. The van der Waals surface area contributed by atoms with Gasteiger partial charge in [-0.05, 0) is 49.4 Å². The SMILES string of the molecule is CNC(c1ccc2c(c1)OCC(C)CO2)C(C)C1CC1. The van der Waals surface area contributed by atoms with Crippen molar-refractivity contribution in [2.24, 2.45) is 17.8 Å². The number of fused-ring (bicyclic) bond motifs is 1. The first-order valence-electron chi connectivity index (χ1n) is 7.76. The van der Waals surface area contributed by atoms with Gasteiger partial charge in [-0.25, -0.2) is 0 Å². The third kappa shape index (κ3) is 2.78. The lowest BCUT2D eigenvalue weighted by molar-refractivity contribution is 0.228. The van der Waals surface area contributed by atoms with E-state index in [9.17, 15) is 0 Å². The highest BCUT2D eigenvalue weighted by Gasteiger charge is 2.33. The van der Waals surface area contributed by atoms with Crippen LogP contribution >= 0.6 is 0 Å². The van der Waals surface area contributed by atoms with Crippen molar-refractivity contribution in [1.29, 1.82) is 0 Å². The highest BCUT2D eigenvalue weighted by molar-refractivity contribution is 5.44. The fourth-order valence-electron chi connectivity index (χ4n) is 3.09. The molecule has 20 heavy (non-hydrogen) atoms. The molecule has 1 saturated carbocycles. The number of ether oxygens (including phenoxy) is 2. The number of rotatable bonds is 4. The first-order valence-corrected chi connectivity index (χ1v) is 7.76. The molecular weight excluding hydrogens is 250 g/mol. The van der Waals surface area contributed by atoms with E-state index in [0.29, 0.717) is 17.9 Å². The van der Waals surface area contributed by atoms with Gasteiger partial charge in [0.15, 0.2) is 11.5 Å². The van der Waals surface area contributed by atoms with E-state index >= 15 is 0 Å². The van der Waals surface area contributed by atoms with Crippen LogP contribution in [0.4, 0.5) is 0 Å². The number of benzene rings is 1. The smallest absolute Gasteiger partial charge is 0.161 e. The number of nitrogens with one attached hydrogen (secondary N) is 1. The summed E-state index contributed by atoms with van der Waals surface area (Å²) in [6.45, 7) is 5.97. The van der Waals surface area contributed by atoms with Gasteiger partial charge in [-0.3, -0.25) is 0 Å². The number of hydrogen-bond donors (Lipinski definition) is 1. The molecule has 0 aromatic heterocycles. The van der Waals surface area contributed by atoms with E-state index in [-0.39, 0.29) is 0 Å². The normalized spacial score (nSPS) is 24.9. The molecule has 1 N–H and O–H groups in total. The van der Waals surface area contributed by atoms with Gasteiger partial charge < -0.3 is 14.8 Å². The summed E-state index contributed by atoms with van der Waals surface area (Å²) in [5.74, 6) is 3.77. The van der Waals surface area contributed by atoms with Gasteiger partial charge in [-0.15, -0.1) is 0 Å². The summed E-state index contributed by atoms with van der Waals surface area (Å²) in [4.78, 5) is 0. The Morgan fingerprint density at radius 3 is 2.50 bits per heavy atom. The largest absolute Gasteiger partial charge is 0.489 e. The standard InChI is InChI=1S/C17H25NO2/c1-11-9-19-15-7-6-14(8-16(15)20-10-11)17(18-3)12(2)13-4-5-13/h6-8,11-13,17-18H,4-5,9-10H2,1-3H3. The Bertz CT molecular complexity index is 470. The lowest BCUT2D eigenvalue weighted by Gasteiger charge is -2.24. The Kier molecular flexibility index (Phi) is 3.88. The lowest BCUT2D eigenvalue weighted by Crippen LogP contribution is -2.24. The molecule has 3 rings (SSSR count). The van der Waals surface area contributed by atoms with Crippen LogP contribution in [-0.2, 0) is 0 Å². The van der Waals surface area contributed by atoms with E-state index < -0.39 is 0 Å². The van der Waals surface area contributed by atoms with Crippen molar-refractivity contribution in [3.63, 3.8) is 0 Å². The first kappa shape index (κ1) is 13.7. The first-order chi connectivity index (χ1) is 9.69. The molecule has 1 aliphatic carbocycles. The van der Waals surface area contributed by atoms with Crippen LogP contribution in [-0.4, -0.2) is 20.3 Å². The molecule has 1 aromatic rings. The average Bonchev–Trinajstić information content (AvgIpc) is 3.28. The summed E-state index contributed by atoms with van der Waals surface area (Å²) in [6, 6.07) is 6.80. The molecule has 3 nitrogen and oxygen atoms in total. The van der Waals surface area contributed by atoms with Crippen molar-refractivity contribution in [2.45, 2.75) is 32.7 Å². The van der Waals surface area contributed by atoms with E-state index in [1.165, 1.54) is 18.4 Å². The van der Waals surface area contributed by atoms with Gasteiger partial charge in [0.05, 0.1) is 13.2 Å². The molecule has 0 bridgehead atoms. The van der Waals surface area contributed by atoms with Crippen molar-refractivity contribution < 1.29 is 9.47 Å². The zero-order valence-electron chi connectivity index (χ0n) is 12.7. The predicted molar refractivity (Wildman–Crippen MR) is 80.3 cm³/mol. The topological polar surface area (TPSA) is 30.5 Å². The molecule has 2 aliphatic rings. The lowest BCUT2D eigenvalue weighted by atomic mass is 9.90. The van der Waals surface area contributed by atoms with Gasteiger partial charge in [0.1, 0.15) is 0 Å². The summed E-state index contributed by atoms with van der Waals surface area (Å²) in [5, 5.41) is 3.47. The van der Waals surface area contributed by atoms with E-state index in [1.807, 2.05) is 0 Å². The van der Waals surface area contributed by atoms with Crippen LogP contribution < -0.4 is 14.8 Å². The Morgan fingerprint density at radius 2 is 1.85 bits per heavy atom. The molecule has 0 radical (unpaired) electrons. The highest BCUT2D eigenvalue weighted by Crippen LogP contribution is 2.43. The van der Waals surface area contributed by atoms with Gasteiger partial charge in [0.2, 0.25) is 0 Å². The van der Waals surface area contributed by atoms with Crippen LogP contribution in [0.15, 0.2) is 18.2 Å². The second-order valence-corrected chi connectivity index (χ2v) is 6.40. The second-order valence-electron chi connectivity index (χ2n) is 6.40. The average molecular weight is 275 g/mol. The van der Waals surface area contributed by atoms with E-state index in [0.717, 1.165) is 30.6 Å². The van der Waals surface area contributed by atoms with Gasteiger partial charge in [-0.2, -0.15) is 0 Å². The van der Waals surface area contributed by atoms with E-state index in [2.05, 4.69) is 44.4 Å². The summed E-state index contributed by atoms with van der Waals surface area (Å²) in [6.07, 6.45) is 2.75. The minimum atomic E-state index is 0.400. The van der Waals surface area contributed by atoms with Crippen LogP contribution in [0.2, 0.25) is 0 Å². The van der Waals surface area contributed by atoms with Gasteiger partial charge in [0.25, 0.3) is 0 Å². The van der Waals surface area contributed by atoms with Crippen molar-refractivity contribution in [2.75, 3.05) is 20.3 Å². The highest BCUT2D eigenvalue weighted by atomic mass is 16.5. The third-order valence-electron chi connectivity index (χ3n) is 4.58. The van der Waals surface area contributed by atoms with E-state index in [1.54, 1.807) is 0 Å². The Labute approximate surface area is 121 Å². The van der Waals surface area contributed by atoms with Gasteiger partial charge in [0, 0.05) is 12.0 Å². The molecular formula is C17H25NO2. The van der Waals surface area contributed by atoms with Crippen LogP contribution in [0.3, 0.4) is 0 Å². The Morgan fingerprint density at radius 1 is 1.15 bits per heavy atom. The zero-order chi connectivity index (χ0) is 14.1. The van der Waals surface area contributed by atoms with Gasteiger partial charge >= 0.3 is 0 Å².